The van der Waals surface area contributed by atoms with Crippen molar-refractivity contribution in [3.63, 3.8) is 0 Å². The molecule has 2 rings (SSSR count). The first-order valence-electron chi connectivity index (χ1n) is 2.34. The molecule has 0 saturated carbocycles. The summed E-state index contributed by atoms with van der Waals surface area (Å²) in [5, 5.41) is 2.63. The smallest absolute Gasteiger partial charge is 0.184 e. The van der Waals surface area contributed by atoms with E-state index in [-0.39, 0.29) is 0 Å². The van der Waals surface area contributed by atoms with Crippen LogP contribution in [0.3, 0.4) is 0 Å². The van der Waals surface area contributed by atoms with E-state index in [2.05, 4.69) is 10.1 Å². The Hall–Kier alpha value is -1.25. The summed E-state index contributed by atoms with van der Waals surface area (Å²) in [6.07, 6.45) is 3.42. The van der Waals surface area contributed by atoms with Crippen molar-refractivity contribution in [2.45, 2.75) is 0 Å². The third kappa shape index (κ3) is 0.307. The second-order valence-electron chi connectivity index (χ2n) is 1.58. The molecular formula is C5H4N2O. The SMILES string of the molecule is c1cc2o[nH]c2cn1. The first-order chi connectivity index (χ1) is 3.97. The van der Waals surface area contributed by atoms with E-state index < -0.39 is 0 Å². The lowest BCUT2D eigenvalue weighted by Gasteiger charge is -1.95. The van der Waals surface area contributed by atoms with E-state index in [0.717, 1.165) is 11.1 Å². The summed E-state index contributed by atoms with van der Waals surface area (Å²) in [6.45, 7) is 0. The van der Waals surface area contributed by atoms with Gasteiger partial charge in [0, 0.05) is 12.3 Å². The molecule has 1 N–H and O–H groups in total. The van der Waals surface area contributed by atoms with Crippen molar-refractivity contribution in [1.29, 1.82) is 0 Å². The lowest BCUT2D eigenvalue weighted by Crippen LogP contribution is -1.81. The van der Waals surface area contributed by atoms with Crippen molar-refractivity contribution in [3.8, 4) is 0 Å². The fraction of sp³-hybridized carbons (Fsp3) is 0. The van der Waals surface area contributed by atoms with Crippen molar-refractivity contribution in [3.05, 3.63) is 18.5 Å². The average molecular weight is 108 g/mol. The van der Waals surface area contributed by atoms with Gasteiger partial charge in [0.15, 0.2) is 5.58 Å². The van der Waals surface area contributed by atoms with Gasteiger partial charge in [0.05, 0.1) is 6.20 Å². The third-order valence-electron chi connectivity index (χ3n) is 1.05. The van der Waals surface area contributed by atoms with E-state index in [4.69, 9.17) is 4.52 Å². The highest BCUT2D eigenvalue weighted by atomic mass is 16.5. The highest BCUT2D eigenvalue weighted by Crippen LogP contribution is 2.09. The van der Waals surface area contributed by atoms with Gasteiger partial charge in [-0.2, -0.15) is 0 Å². The molecule has 40 valence electrons. The molecule has 0 aliphatic heterocycles. The predicted molar refractivity (Wildman–Crippen MR) is 28.4 cm³/mol. The van der Waals surface area contributed by atoms with Gasteiger partial charge in [0.2, 0.25) is 0 Å². The van der Waals surface area contributed by atoms with Crippen LogP contribution in [0.1, 0.15) is 0 Å². The molecule has 3 nitrogen and oxygen atoms in total. The molecule has 3 heteroatoms. The number of rotatable bonds is 0. The number of hydrogen-bond donors (Lipinski definition) is 1. The predicted octanol–water partition coefficient (Wildman–Crippen LogP) is 1.16. The topological polar surface area (TPSA) is 41.8 Å². The second-order valence-corrected chi connectivity index (χ2v) is 1.58. The maximum Gasteiger partial charge on any atom is 0.184 e. The lowest BCUT2D eigenvalue weighted by atomic mass is 10.4. The molecule has 0 amide bonds. The number of nitrogens with one attached hydrogen (secondary N) is 1. The summed E-state index contributed by atoms with van der Waals surface area (Å²) < 4.78 is 4.79. The van der Waals surface area contributed by atoms with Crippen molar-refractivity contribution in [2.24, 2.45) is 0 Å². The van der Waals surface area contributed by atoms with E-state index in [0.29, 0.717) is 0 Å². The minimum absolute atomic E-state index is 0.875. The number of pyridine rings is 1. The molecule has 2 heterocycles. The number of aromatic amines is 1. The van der Waals surface area contributed by atoms with Crippen LogP contribution < -0.4 is 0 Å². The maximum atomic E-state index is 4.79. The summed E-state index contributed by atoms with van der Waals surface area (Å²) in [6, 6.07) is 1.81. The van der Waals surface area contributed by atoms with Gasteiger partial charge in [-0.1, -0.05) is 0 Å². The van der Waals surface area contributed by atoms with Gasteiger partial charge in [-0.15, -0.1) is 0 Å². The van der Waals surface area contributed by atoms with Crippen LogP contribution in [-0.2, 0) is 0 Å². The minimum atomic E-state index is 0.875. The van der Waals surface area contributed by atoms with Crippen molar-refractivity contribution < 1.29 is 4.52 Å². The molecule has 0 bridgehead atoms. The Morgan fingerprint density at radius 3 is 3.00 bits per heavy atom. The number of H-pyrrole nitrogens is 1. The fourth-order valence-corrected chi connectivity index (χ4v) is 0.611. The number of nitrogens with zero attached hydrogens (tertiary/aromatic N) is 1. The molecule has 0 radical (unpaired) electrons. The quantitative estimate of drug-likeness (QED) is 0.550. The Bertz CT molecular complexity index is 253. The monoisotopic (exact) mass is 108 g/mol. The van der Waals surface area contributed by atoms with Gasteiger partial charge in [-0.25, -0.2) is 5.16 Å². The normalized spacial score (nSPS) is 10.5. The van der Waals surface area contributed by atoms with Gasteiger partial charge < -0.3 is 4.52 Å². The summed E-state index contributed by atoms with van der Waals surface area (Å²) >= 11 is 0. The Morgan fingerprint density at radius 2 is 2.62 bits per heavy atom. The molecule has 0 saturated heterocycles. The second kappa shape index (κ2) is 1.12. The number of hydrogen-bond acceptors (Lipinski definition) is 2. The van der Waals surface area contributed by atoms with Gasteiger partial charge in [0.1, 0.15) is 5.52 Å². The van der Waals surface area contributed by atoms with Crippen LogP contribution >= 0.6 is 0 Å². The molecular weight excluding hydrogens is 104 g/mol. The highest BCUT2D eigenvalue weighted by molar-refractivity contribution is 5.70. The van der Waals surface area contributed by atoms with E-state index in [1.165, 1.54) is 0 Å². The van der Waals surface area contributed by atoms with E-state index >= 15 is 0 Å². The number of fused-ring (bicyclic) bond motifs is 1. The van der Waals surface area contributed by atoms with Crippen LogP contribution in [0.25, 0.3) is 11.1 Å². The molecule has 0 atom stereocenters. The van der Waals surface area contributed by atoms with Gasteiger partial charge in [-0.3, -0.25) is 4.98 Å². The van der Waals surface area contributed by atoms with Gasteiger partial charge in [-0.05, 0) is 0 Å². The average Bonchev–Trinajstić information content (AvgIpc) is 1.72. The van der Waals surface area contributed by atoms with Crippen LogP contribution in [0, 0.1) is 0 Å². The van der Waals surface area contributed by atoms with Crippen molar-refractivity contribution >= 4 is 11.1 Å². The molecule has 0 spiro atoms. The van der Waals surface area contributed by atoms with Crippen molar-refractivity contribution in [1.82, 2.24) is 10.1 Å². The molecule has 0 fully saturated rings. The molecule has 8 heavy (non-hydrogen) atoms. The molecule has 0 aromatic carbocycles. The Balaban J connectivity index is 2.88. The van der Waals surface area contributed by atoms with Crippen LogP contribution in [-0.4, -0.2) is 10.1 Å². The summed E-state index contributed by atoms with van der Waals surface area (Å²) in [4.78, 5) is 3.85. The summed E-state index contributed by atoms with van der Waals surface area (Å²) in [5.74, 6) is 0. The zero-order chi connectivity index (χ0) is 5.40. The molecule has 0 aliphatic carbocycles. The zero-order valence-electron chi connectivity index (χ0n) is 4.09. The Kier molecular flexibility index (Phi) is 0.521. The van der Waals surface area contributed by atoms with Gasteiger partial charge in [0.25, 0.3) is 0 Å². The highest BCUT2D eigenvalue weighted by Gasteiger charge is 1.94. The fourth-order valence-electron chi connectivity index (χ4n) is 0.611. The summed E-state index contributed by atoms with van der Waals surface area (Å²) in [5.41, 5.74) is 1.84. The van der Waals surface area contributed by atoms with Crippen LogP contribution in [0.4, 0.5) is 0 Å². The lowest BCUT2D eigenvalue weighted by molar-refractivity contribution is 0.423. The van der Waals surface area contributed by atoms with Crippen molar-refractivity contribution in [2.75, 3.05) is 0 Å². The van der Waals surface area contributed by atoms with E-state index in [1.807, 2.05) is 6.07 Å². The van der Waals surface area contributed by atoms with Gasteiger partial charge >= 0.3 is 0 Å². The molecule has 0 unspecified atom stereocenters. The van der Waals surface area contributed by atoms with Crippen LogP contribution in [0.5, 0.6) is 0 Å². The van der Waals surface area contributed by atoms with E-state index in [1.54, 1.807) is 12.4 Å². The number of aromatic nitrogens is 2. The Morgan fingerprint density at radius 1 is 1.62 bits per heavy atom. The molecule has 2 aromatic heterocycles. The Labute approximate surface area is 45.3 Å². The minimum Gasteiger partial charge on any atom is -0.380 e. The van der Waals surface area contributed by atoms with Crippen LogP contribution in [0.15, 0.2) is 23.0 Å². The van der Waals surface area contributed by atoms with Crippen LogP contribution in [0.2, 0.25) is 0 Å². The summed E-state index contributed by atoms with van der Waals surface area (Å²) in [7, 11) is 0. The first kappa shape index (κ1) is 3.72. The third-order valence-corrected chi connectivity index (χ3v) is 1.05. The maximum absolute atomic E-state index is 4.79. The zero-order valence-corrected chi connectivity index (χ0v) is 4.09. The van der Waals surface area contributed by atoms with E-state index in [9.17, 15) is 0 Å². The molecule has 0 aliphatic rings. The first-order valence-corrected chi connectivity index (χ1v) is 2.34. The standard InChI is InChI=1S/C5H4N2O/c1-2-6-3-4-5(1)8-7-4/h1-3,7H. The largest absolute Gasteiger partial charge is 0.380 e. The molecule has 2 aromatic rings.